The minimum Gasteiger partial charge on any atom is -0.497 e. The molecule has 2 aromatic heterocycles. The number of methoxy groups -OCH3 is 1. The highest BCUT2D eigenvalue weighted by molar-refractivity contribution is 6.00. The fraction of sp³-hybridized carbons (Fsp3) is 0.130. The number of ether oxygens (including phenoxy) is 1. The van der Waals surface area contributed by atoms with Crippen LogP contribution in [0, 0.1) is 0 Å². The number of amides is 2. The van der Waals surface area contributed by atoms with Gasteiger partial charge in [-0.3, -0.25) is 9.59 Å². The summed E-state index contributed by atoms with van der Waals surface area (Å²) in [5.41, 5.74) is 1.82. The van der Waals surface area contributed by atoms with Crippen molar-refractivity contribution < 1.29 is 18.7 Å². The molecule has 2 amide bonds. The van der Waals surface area contributed by atoms with Crippen LogP contribution in [0.25, 0.3) is 10.9 Å². The molecule has 152 valence electrons. The van der Waals surface area contributed by atoms with Gasteiger partial charge in [0.05, 0.1) is 19.9 Å². The lowest BCUT2D eigenvalue weighted by atomic mass is 10.1. The lowest BCUT2D eigenvalue weighted by Gasteiger charge is -2.18. The Kier molecular flexibility index (Phi) is 5.52. The summed E-state index contributed by atoms with van der Waals surface area (Å²) in [6.45, 7) is 0.233. The lowest BCUT2D eigenvalue weighted by molar-refractivity contribution is -0.123. The SMILES string of the molecule is COc1ccc2cc(C(=O)N[C@H](C(=O)NCc3ccco3)c3ccccc3)[nH]c2c1. The molecule has 4 aromatic rings. The molecule has 0 saturated heterocycles. The van der Waals surface area contributed by atoms with E-state index in [1.807, 2.05) is 36.4 Å². The third kappa shape index (κ3) is 4.20. The van der Waals surface area contributed by atoms with Gasteiger partial charge in [0.25, 0.3) is 5.91 Å². The fourth-order valence-electron chi connectivity index (χ4n) is 3.20. The Balaban J connectivity index is 1.54. The van der Waals surface area contributed by atoms with Crippen molar-refractivity contribution in [2.24, 2.45) is 0 Å². The minimum atomic E-state index is -0.852. The second kappa shape index (κ2) is 8.57. The predicted molar refractivity (Wildman–Crippen MR) is 112 cm³/mol. The van der Waals surface area contributed by atoms with Crippen LogP contribution in [0.2, 0.25) is 0 Å². The van der Waals surface area contributed by atoms with Gasteiger partial charge < -0.3 is 24.8 Å². The number of nitrogens with one attached hydrogen (secondary N) is 3. The van der Waals surface area contributed by atoms with E-state index in [9.17, 15) is 9.59 Å². The molecule has 0 radical (unpaired) electrons. The van der Waals surface area contributed by atoms with Crippen molar-refractivity contribution in [1.82, 2.24) is 15.6 Å². The van der Waals surface area contributed by atoms with E-state index in [-0.39, 0.29) is 18.4 Å². The van der Waals surface area contributed by atoms with E-state index in [0.717, 1.165) is 10.9 Å². The molecule has 0 spiro atoms. The molecule has 0 aliphatic heterocycles. The number of H-pyrrole nitrogens is 1. The lowest BCUT2D eigenvalue weighted by Crippen LogP contribution is -2.40. The number of benzene rings is 2. The van der Waals surface area contributed by atoms with Crippen LogP contribution in [0.4, 0.5) is 0 Å². The molecule has 0 aliphatic carbocycles. The van der Waals surface area contributed by atoms with Gasteiger partial charge in [-0.25, -0.2) is 0 Å². The quantitative estimate of drug-likeness (QED) is 0.440. The summed E-state index contributed by atoms with van der Waals surface area (Å²) in [5, 5.41) is 6.51. The predicted octanol–water partition coefficient (Wildman–Crippen LogP) is 3.56. The number of aromatic nitrogens is 1. The van der Waals surface area contributed by atoms with Crippen molar-refractivity contribution in [3.63, 3.8) is 0 Å². The Morgan fingerprint density at radius 3 is 2.63 bits per heavy atom. The van der Waals surface area contributed by atoms with Gasteiger partial charge in [-0.2, -0.15) is 0 Å². The first kappa shape index (κ1) is 19.3. The number of hydrogen-bond donors (Lipinski definition) is 3. The molecular weight excluding hydrogens is 382 g/mol. The Bertz CT molecular complexity index is 1150. The molecule has 0 aliphatic rings. The van der Waals surface area contributed by atoms with Crippen LogP contribution in [0.15, 0.2) is 77.4 Å². The van der Waals surface area contributed by atoms with E-state index in [1.54, 1.807) is 43.7 Å². The summed E-state index contributed by atoms with van der Waals surface area (Å²) in [7, 11) is 1.59. The number of aromatic amines is 1. The number of furan rings is 1. The fourth-order valence-corrected chi connectivity index (χ4v) is 3.20. The van der Waals surface area contributed by atoms with Gasteiger partial charge in [-0.05, 0) is 35.9 Å². The number of carbonyl (C=O) groups excluding carboxylic acids is 2. The van der Waals surface area contributed by atoms with Crippen molar-refractivity contribution in [1.29, 1.82) is 0 Å². The van der Waals surface area contributed by atoms with Gasteiger partial charge >= 0.3 is 0 Å². The molecule has 0 unspecified atom stereocenters. The maximum Gasteiger partial charge on any atom is 0.268 e. The Morgan fingerprint density at radius 1 is 1.07 bits per heavy atom. The van der Waals surface area contributed by atoms with Gasteiger partial charge in [-0.15, -0.1) is 0 Å². The molecule has 1 atom stereocenters. The summed E-state index contributed by atoms with van der Waals surface area (Å²) in [4.78, 5) is 28.9. The smallest absolute Gasteiger partial charge is 0.268 e. The van der Waals surface area contributed by atoms with Crippen molar-refractivity contribution in [2.45, 2.75) is 12.6 Å². The first-order valence-corrected chi connectivity index (χ1v) is 9.46. The zero-order valence-corrected chi connectivity index (χ0v) is 16.3. The highest BCUT2D eigenvalue weighted by atomic mass is 16.5. The average Bonchev–Trinajstić information content (AvgIpc) is 3.45. The largest absolute Gasteiger partial charge is 0.497 e. The van der Waals surface area contributed by atoms with E-state index in [4.69, 9.17) is 9.15 Å². The zero-order valence-electron chi connectivity index (χ0n) is 16.3. The third-order valence-electron chi connectivity index (χ3n) is 4.76. The van der Waals surface area contributed by atoms with Gasteiger partial charge in [0.1, 0.15) is 23.2 Å². The second-order valence-electron chi connectivity index (χ2n) is 6.75. The molecule has 2 aromatic carbocycles. The summed E-state index contributed by atoms with van der Waals surface area (Å²) < 4.78 is 10.5. The van der Waals surface area contributed by atoms with Crippen LogP contribution in [0.3, 0.4) is 0 Å². The Hall–Kier alpha value is -4.00. The van der Waals surface area contributed by atoms with E-state index in [1.165, 1.54) is 0 Å². The van der Waals surface area contributed by atoms with Gasteiger partial charge in [0.2, 0.25) is 5.91 Å². The van der Waals surface area contributed by atoms with Gasteiger partial charge in [0.15, 0.2) is 0 Å². The Morgan fingerprint density at radius 2 is 1.90 bits per heavy atom. The maximum absolute atomic E-state index is 12.9. The topological polar surface area (TPSA) is 96.4 Å². The van der Waals surface area contributed by atoms with Crippen LogP contribution in [0.5, 0.6) is 5.75 Å². The molecule has 7 heteroatoms. The summed E-state index contributed by atoms with van der Waals surface area (Å²) in [6, 6.07) is 19.0. The van der Waals surface area contributed by atoms with Crippen molar-refractivity contribution in [3.8, 4) is 5.75 Å². The molecule has 0 fully saturated rings. The van der Waals surface area contributed by atoms with Crippen LogP contribution >= 0.6 is 0 Å². The van der Waals surface area contributed by atoms with Crippen molar-refractivity contribution in [2.75, 3.05) is 7.11 Å². The van der Waals surface area contributed by atoms with E-state index in [2.05, 4.69) is 15.6 Å². The Labute approximate surface area is 173 Å². The standard InChI is InChI=1S/C23H21N3O4/c1-29-17-10-9-16-12-20(25-19(16)13-17)22(27)26-21(15-6-3-2-4-7-15)23(28)24-14-18-8-5-11-30-18/h2-13,21,25H,14H2,1H3,(H,24,28)(H,26,27)/t21-/m0/s1. The van der Waals surface area contributed by atoms with Crippen LogP contribution in [-0.4, -0.2) is 23.9 Å². The number of hydrogen-bond acceptors (Lipinski definition) is 4. The number of carbonyl (C=O) groups is 2. The summed E-state index contributed by atoms with van der Waals surface area (Å²) >= 11 is 0. The van der Waals surface area contributed by atoms with E-state index in [0.29, 0.717) is 22.8 Å². The molecular formula is C23H21N3O4. The molecule has 3 N–H and O–H groups in total. The highest BCUT2D eigenvalue weighted by Crippen LogP contribution is 2.22. The summed E-state index contributed by atoms with van der Waals surface area (Å²) in [5.74, 6) is 0.609. The first-order chi connectivity index (χ1) is 14.6. The van der Waals surface area contributed by atoms with Crippen molar-refractivity contribution >= 4 is 22.7 Å². The van der Waals surface area contributed by atoms with Crippen LogP contribution in [0.1, 0.15) is 27.9 Å². The summed E-state index contributed by atoms with van der Waals surface area (Å²) in [6.07, 6.45) is 1.54. The molecule has 4 rings (SSSR count). The third-order valence-corrected chi connectivity index (χ3v) is 4.76. The van der Waals surface area contributed by atoms with Gasteiger partial charge in [-0.1, -0.05) is 30.3 Å². The molecule has 0 bridgehead atoms. The first-order valence-electron chi connectivity index (χ1n) is 9.46. The normalized spacial score (nSPS) is 11.8. The van der Waals surface area contributed by atoms with Crippen LogP contribution < -0.4 is 15.4 Å². The molecule has 7 nitrogen and oxygen atoms in total. The van der Waals surface area contributed by atoms with Crippen molar-refractivity contribution in [3.05, 3.63) is 90.0 Å². The zero-order chi connectivity index (χ0) is 20.9. The number of fused-ring (bicyclic) bond motifs is 1. The van der Waals surface area contributed by atoms with E-state index < -0.39 is 6.04 Å². The minimum absolute atomic E-state index is 0.233. The monoisotopic (exact) mass is 403 g/mol. The van der Waals surface area contributed by atoms with Crippen LogP contribution in [-0.2, 0) is 11.3 Å². The number of rotatable bonds is 7. The maximum atomic E-state index is 12.9. The molecule has 30 heavy (non-hydrogen) atoms. The second-order valence-corrected chi connectivity index (χ2v) is 6.75. The highest BCUT2D eigenvalue weighted by Gasteiger charge is 2.24. The molecule has 0 saturated carbocycles. The molecule has 2 heterocycles. The van der Waals surface area contributed by atoms with E-state index >= 15 is 0 Å². The van der Waals surface area contributed by atoms with Gasteiger partial charge in [0, 0.05) is 17.0 Å². The average molecular weight is 403 g/mol.